The van der Waals surface area contributed by atoms with E-state index < -0.39 is 22.9 Å². The summed E-state index contributed by atoms with van der Waals surface area (Å²) in [6.45, 7) is 1.59. The van der Waals surface area contributed by atoms with Crippen LogP contribution < -0.4 is 0 Å². The normalized spacial score (nSPS) is 31.5. The topological polar surface area (TPSA) is 81.4 Å². The van der Waals surface area contributed by atoms with Gasteiger partial charge in [0.1, 0.15) is 0 Å². The van der Waals surface area contributed by atoms with Crippen LogP contribution in [0.1, 0.15) is 25.0 Å². The highest BCUT2D eigenvalue weighted by atomic mass is 16.6. The highest BCUT2D eigenvalue weighted by Gasteiger charge is 2.55. The number of nitrogens with zero attached hydrogens (tertiary/aromatic N) is 2. The largest absolute Gasteiger partial charge is 0.468 e. The number of esters is 1. The van der Waals surface area contributed by atoms with E-state index in [4.69, 9.17) is 14.2 Å². The number of pyridine rings is 1. The molecule has 2 aliphatic rings. The van der Waals surface area contributed by atoms with Gasteiger partial charge in [-0.25, -0.2) is 0 Å². The predicted octanol–water partition coefficient (Wildman–Crippen LogP) is 1.60. The maximum Gasteiger partial charge on any atom is 0.324 e. The summed E-state index contributed by atoms with van der Waals surface area (Å²) in [6.07, 6.45) is 3.54. The Morgan fingerprint density at radius 2 is 2.30 bits per heavy atom. The van der Waals surface area contributed by atoms with Gasteiger partial charge in [-0.2, -0.15) is 5.26 Å². The summed E-state index contributed by atoms with van der Waals surface area (Å²) in [6, 6.07) is 7.74. The Morgan fingerprint density at radius 3 is 2.91 bits per heavy atom. The fourth-order valence-electron chi connectivity index (χ4n) is 3.80. The molecular formula is C17H20N2O4. The first-order valence-corrected chi connectivity index (χ1v) is 7.76. The number of nitriles is 1. The third-order valence-corrected chi connectivity index (χ3v) is 4.95. The van der Waals surface area contributed by atoms with Crippen LogP contribution in [0.3, 0.4) is 0 Å². The Morgan fingerprint density at radius 1 is 1.43 bits per heavy atom. The molecule has 2 fully saturated rings. The molecule has 3 unspecified atom stereocenters. The first-order chi connectivity index (χ1) is 11.2. The summed E-state index contributed by atoms with van der Waals surface area (Å²) in [5, 5.41) is 9.69. The lowest BCUT2D eigenvalue weighted by Crippen LogP contribution is -2.53. The molecule has 3 heterocycles. The van der Waals surface area contributed by atoms with Crippen LogP contribution in [0, 0.1) is 17.2 Å². The molecule has 0 aromatic carbocycles. The Labute approximate surface area is 135 Å². The van der Waals surface area contributed by atoms with Crippen molar-refractivity contribution in [2.45, 2.75) is 30.3 Å². The van der Waals surface area contributed by atoms with Crippen LogP contribution in [0.2, 0.25) is 0 Å². The molecule has 0 amide bonds. The van der Waals surface area contributed by atoms with Gasteiger partial charge in [-0.1, -0.05) is 6.07 Å². The van der Waals surface area contributed by atoms with Crippen molar-refractivity contribution in [2.75, 3.05) is 26.9 Å². The summed E-state index contributed by atoms with van der Waals surface area (Å²) in [5.41, 5.74) is -0.417. The van der Waals surface area contributed by atoms with E-state index in [2.05, 4.69) is 11.1 Å². The maximum absolute atomic E-state index is 12.3. The van der Waals surface area contributed by atoms with Gasteiger partial charge in [0.25, 0.3) is 0 Å². The van der Waals surface area contributed by atoms with E-state index in [1.165, 1.54) is 7.11 Å². The number of aromatic nitrogens is 1. The monoisotopic (exact) mass is 316 g/mol. The lowest BCUT2D eigenvalue weighted by molar-refractivity contribution is -0.153. The van der Waals surface area contributed by atoms with Crippen molar-refractivity contribution < 1.29 is 19.0 Å². The van der Waals surface area contributed by atoms with Gasteiger partial charge in [0, 0.05) is 36.9 Å². The van der Waals surface area contributed by atoms with E-state index >= 15 is 0 Å². The fourth-order valence-corrected chi connectivity index (χ4v) is 3.80. The molecule has 6 heteroatoms. The molecule has 6 nitrogen and oxygen atoms in total. The second-order valence-corrected chi connectivity index (χ2v) is 6.22. The summed E-state index contributed by atoms with van der Waals surface area (Å²) < 4.78 is 16.4. The maximum atomic E-state index is 12.3. The number of carbonyl (C=O) groups is 1. The lowest BCUT2D eigenvalue weighted by atomic mass is 9.63. The third kappa shape index (κ3) is 2.71. The number of hydrogen-bond donors (Lipinski definition) is 0. The van der Waals surface area contributed by atoms with Gasteiger partial charge in [-0.15, -0.1) is 0 Å². The van der Waals surface area contributed by atoms with Gasteiger partial charge in [-0.3, -0.25) is 9.78 Å². The van der Waals surface area contributed by atoms with Crippen LogP contribution in [0.5, 0.6) is 0 Å². The molecule has 0 aliphatic carbocycles. The standard InChI is InChI=1S/C17H20N2O4/c1-21-15(20)13(10-18)17(14-4-2-3-7-19-14)6-9-23-16(11-17)5-8-22-12-16/h2-4,7,13H,5-6,8-9,11-12H2,1H3. The average molecular weight is 316 g/mol. The summed E-state index contributed by atoms with van der Waals surface area (Å²) in [5.74, 6) is -1.43. The minimum Gasteiger partial charge on any atom is -0.468 e. The molecule has 0 bridgehead atoms. The molecular weight excluding hydrogens is 296 g/mol. The smallest absolute Gasteiger partial charge is 0.324 e. The second-order valence-electron chi connectivity index (χ2n) is 6.22. The van der Waals surface area contributed by atoms with Crippen molar-refractivity contribution in [3.8, 4) is 6.07 Å². The van der Waals surface area contributed by atoms with E-state index in [1.807, 2.05) is 18.2 Å². The van der Waals surface area contributed by atoms with Crippen molar-refractivity contribution in [3.05, 3.63) is 30.1 Å². The van der Waals surface area contributed by atoms with Gasteiger partial charge >= 0.3 is 5.97 Å². The zero-order valence-corrected chi connectivity index (χ0v) is 13.2. The van der Waals surface area contributed by atoms with Gasteiger partial charge in [-0.05, 0) is 25.0 Å². The number of ether oxygens (including phenoxy) is 3. The molecule has 122 valence electrons. The minimum atomic E-state index is -0.913. The van der Waals surface area contributed by atoms with Gasteiger partial charge in [0.05, 0.1) is 25.4 Å². The van der Waals surface area contributed by atoms with Crippen molar-refractivity contribution in [3.63, 3.8) is 0 Å². The molecule has 1 aromatic rings. The Balaban J connectivity index is 2.07. The van der Waals surface area contributed by atoms with Crippen molar-refractivity contribution in [2.24, 2.45) is 5.92 Å². The minimum absolute atomic E-state index is 0.446. The number of hydrogen-bond acceptors (Lipinski definition) is 6. The van der Waals surface area contributed by atoms with Gasteiger partial charge < -0.3 is 14.2 Å². The van der Waals surface area contributed by atoms with Crippen LogP contribution in [0.15, 0.2) is 24.4 Å². The second kappa shape index (κ2) is 6.26. The molecule has 0 radical (unpaired) electrons. The van der Waals surface area contributed by atoms with Gasteiger partial charge in [0.2, 0.25) is 0 Å². The van der Waals surface area contributed by atoms with E-state index in [0.29, 0.717) is 32.7 Å². The van der Waals surface area contributed by atoms with E-state index in [1.54, 1.807) is 6.20 Å². The molecule has 3 rings (SSSR count). The SMILES string of the molecule is COC(=O)C(C#N)C1(c2ccccn2)CCOC2(CCOC2)C1. The Kier molecular flexibility index (Phi) is 4.33. The van der Waals surface area contributed by atoms with Crippen LogP contribution >= 0.6 is 0 Å². The number of methoxy groups -OCH3 is 1. The quantitative estimate of drug-likeness (QED) is 0.788. The van der Waals surface area contributed by atoms with Crippen molar-refractivity contribution >= 4 is 5.97 Å². The first-order valence-electron chi connectivity index (χ1n) is 7.76. The molecule has 1 spiro atoms. The molecule has 0 saturated carbocycles. The molecule has 1 aromatic heterocycles. The van der Waals surface area contributed by atoms with E-state index in [-0.39, 0.29) is 0 Å². The fraction of sp³-hybridized carbons (Fsp3) is 0.588. The zero-order valence-electron chi connectivity index (χ0n) is 13.2. The lowest BCUT2D eigenvalue weighted by Gasteiger charge is -2.46. The molecule has 3 atom stereocenters. The van der Waals surface area contributed by atoms with Crippen LogP contribution in [-0.2, 0) is 24.4 Å². The van der Waals surface area contributed by atoms with Crippen LogP contribution in [0.4, 0.5) is 0 Å². The molecule has 2 aliphatic heterocycles. The predicted molar refractivity (Wildman–Crippen MR) is 80.4 cm³/mol. The molecule has 0 N–H and O–H groups in total. The van der Waals surface area contributed by atoms with Crippen molar-refractivity contribution in [1.82, 2.24) is 4.98 Å². The average Bonchev–Trinajstić information content (AvgIpc) is 3.03. The van der Waals surface area contributed by atoms with E-state index in [0.717, 1.165) is 12.1 Å². The third-order valence-electron chi connectivity index (χ3n) is 4.95. The van der Waals surface area contributed by atoms with Crippen LogP contribution in [0.25, 0.3) is 0 Å². The number of carbonyl (C=O) groups excluding carboxylic acids is 1. The Hall–Kier alpha value is -1.97. The highest BCUT2D eigenvalue weighted by molar-refractivity contribution is 5.77. The summed E-state index contributed by atoms with van der Waals surface area (Å²) in [7, 11) is 1.31. The highest BCUT2D eigenvalue weighted by Crippen LogP contribution is 2.48. The Bertz CT molecular complexity index is 607. The molecule has 23 heavy (non-hydrogen) atoms. The van der Waals surface area contributed by atoms with E-state index in [9.17, 15) is 10.1 Å². The first kappa shape index (κ1) is 15.9. The van der Waals surface area contributed by atoms with Crippen molar-refractivity contribution in [1.29, 1.82) is 5.26 Å². The summed E-state index contributed by atoms with van der Waals surface area (Å²) in [4.78, 5) is 16.7. The zero-order chi connectivity index (χ0) is 16.3. The molecule has 2 saturated heterocycles. The number of rotatable bonds is 3. The van der Waals surface area contributed by atoms with Crippen LogP contribution in [-0.4, -0.2) is 43.5 Å². The summed E-state index contributed by atoms with van der Waals surface area (Å²) >= 11 is 0. The van der Waals surface area contributed by atoms with Gasteiger partial charge in [0.15, 0.2) is 5.92 Å².